The maximum Gasteiger partial charge on any atom is 0.226 e. The molecule has 3 unspecified atom stereocenters. The van der Waals surface area contributed by atoms with E-state index < -0.39 is 0 Å². The molecule has 2 fully saturated rings. The highest BCUT2D eigenvalue weighted by atomic mass is 16.2. The molecule has 0 aromatic heterocycles. The summed E-state index contributed by atoms with van der Waals surface area (Å²) in [5.74, 6) is 2.89. The molecule has 2 aliphatic carbocycles. The largest absolute Gasteiger partial charge is 0.355 e. The zero-order chi connectivity index (χ0) is 13.0. The summed E-state index contributed by atoms with van der Waals surface area (Å²) < 4.78 is 0. The third-order valence-corrected chi connectivity index (χ3v) is 5.58. The van der Waals surface area contributed by atoms with Crippen molar-refractivity contribution in [2.75, 3.05) is 6.54 Å². The molecule has 98 valence electrons. The third kappa shape index (κ3) is 1.56. The van der Waals surface area contributed by atoms with Crippen LogP contribution in [-0.4, -0.2) is 12.5 Å². The SMILES string of the molecule is CCC(C)C1(C)C2C1C2(C)C(=O)NCC(C)C. The summed E-state index contributed by atoms with van der Waals surface area (Å²) >= 11 is 0. The first kappa shape index (κ1) is 12.9. The monoisotopic (exact) mass is 237 g/mol. The second-order valence-corrected chi connectivity index (χ2v) is 7.02. The lowest BCUT2D eigenvalue weighted by Crippen LogP contribution is -2.41. The van der Waals surface area contributed by atoms with Crippen molar-refractivity contribution in [1.29, 1.82) is 0 Å². The molecule has 0 radical (unpaired) electrons. The molecule has 2 aliphatic rings. The maximum absolute atomic E-state index is 12.2. The first-order valence-electron chi connectivity index (χ1n) is 7.09. The normalized spacial score (nSPS) is 44.2. The molecule has 17 heavy (non-hydrogen) atoms. The Morgan fingerprint density at radius 2 is 1.76 bits per heavy atom. The van der Waals surface area contributed by atoms with Gasteiger partial charge in [0.15, 0.2) is 0 Å². The molecule has 0 aromatic rings. The Labute approximate surface area is 106 Å². The average molecular weight is 237 g/mol. The van der Waals surface area contributed by atoms with Crippen LogP contribution in [0.5, 0.6) is 0 Å². The molecule has 0 saturated heterocycles. The molecule has 2 heteroatoms. The Hall–Kier alpha value is -0.530. The molecule has 1 N–H and O–H groups in total. The average Bonchev–Trinajstić information content (AvgIpc) is 3.13. The van der Waals surface area contributed by atoms with Gasteiger partial charge in [0.25, 0.3) is 0 Å². The smallest absolute Gasteiger partial charge is 0.226 e. The van der Waals surface area contributed by atoms with E-state index in [1.807, 2.05) is 0 Å². The van der Waals surface area contributed by atoms with E-state index in [1.165, 1.54) is 6.42 Å². The topological polar surface area (TPSA) is 29.1 Å². The van der Waals surface area contributed by atoms with Gasteiger partial charge in [-0.1, -0.05) is 48.0 Å². The van der Waals surface area contributed by atoms with Gasteiger partial charge in [-0.3, -0.25) is 4.79 Å². The highest BCUT2D eigenvalue weighted by Gasteiger charge is 2.90. The van der Waals surface area contributed by atoms with Crippen LogP contribution in [-0.2, 0) is 4.79 Å². The third-order valence-electron chi connectivity index (χ3n) is 5.58. The zero-order valence-corrected chi connectivity index (χ0v) is 12.1. The van der Waals surface area contributed by atoms with Gasteiger partial charge in [-0.05, 0) is 29.1 Å². The number of carbonyl (C=O) groups is 1. The number of rotatable bonds is 5. The summed E-state index contributed by atoms with van der Waals surface area (Å²) in [4.78, 5) is 12.2. The van der Waals surface area contributed by atoms with E-state index in [1.54, 1.807) is 0 Å². The van der Waals surface area contributed by atoms with Crippen molar-refractivity contribution in [3.8, 4) is 0 Å². The first-order chi connectivity index (χ1) is 7.81. The lowest BCUT2D eigenvalue weighted by molar-refractivity contribution is -0.130. The molecule has 3 atom stereocenters. The first-order valence-corrected chi connectivity index (χ1v) is 7.09. The number of amides is 1. The Kier molecular flexibility index (Phi) is 2.83. The molecule has 1 amide bonds. The van der Waals surface area contributed by atoms with E-state index in [0.717, 1.165) is 12.5 Å². The summed E-state index contributed by atoms with van der Waals surface area (Å²) in [6.07, 6.45) is 1.23. The minimum atomic E-state index is -0.0347. The van der Waals surface area contributed by atoms with E-state index in [4.69, 9.17) is 0 Å². The van der Waals surface area contributed by atoms with Gasteiger partial charge in [-0.15, -0.1) is 0 Å². The quantitative estimate of drug-likeness (QED) is 0.782. The molecule has 0 heterocycles. The minimum absolute atomic E-state index is 0.0347. The molecular weight excluding hydrogens is 210 g/mol. The number of carbonyl (C=O) groups excluding carboxylic acids is 1. The predicted octanol–water partition coefficient (Wildman–Crippen LogP) is 3.08. The van der Waals surface area contributed by atoms with Crippen molar-refractivity contribution in [2.24, 2.45) is 34.5 Å². The van der Waals surface area contributed by atoms with Crippen LogP contribution >= 0.6 is 0 Å². The van der Waals surface area contributed by atoms with E-state index >= 15 is 0 Å². The van der Waals surface area contributed by atoms with Gasteiger partial charge >= 0.3 is 0 Å². The van der Waals surface area contributed by atoms with Crippen molar-refractivity contribution in [2.45, 2.75) is 48.0 Å². The summed E-state index contributed by atoms with van der Waals surface area (Å²) in [7, 11) is 0. The predicted molar refractivity (Wildman–Crippen MR) is 70.5 cm³/mol. The van der Waals surface area contributed by atoms with E-state index in [-0.39, 0.29) is 5.41 Å². The van der Waals surface area contributed by atoms with Crippen LogP contribution in [0.15, 0.2) is 0 Å². The highest BCUT2D eigenvalue weighted by molar-refractivity contribution is 5.89. The van der Waals surface area contributed by atoms with Gasteiger partial charge in [0, 0.05) is 6.54 Å². The van der Waals surface area contributed by atoms with Gasteiger partial charge in [0.05, 0.1) is 5.41 Å². The Balaban J connectivity index is 1.89. The highest BCUT2D eigenvalue weighted by Crippen LogP contribution is 2.90. The van der Waals surface area contributed by atoms with E-state index in [9.17, 15) is 4.79 Å². The van der Waals surface area contributed by atoms with E-state index in [0.29, 0.717) is 29.1 Å². The van der Waals surface area contributed by atoms with Crippen LogP contribution in [0.2, 0.25) is 0 Å². The second kappa shape index (κ2) is 3.73. The zero-order valence-electron chi connectivity index (χ0n) is 12.1. The summed E-state index contributed by atoms with van der Waals surface area (Å²) in [6.45, 7) is 14.2. The maximum atomic E-state index is 12.2. The molecule has 0 aromatic carbocycles. The fourth-order valence-electron chi connectivity index (χ4n) is 4.06. The molecule has 2 nitrogen and oxygen atoms in total. The van der Waals surface area contributed by atoms with Crippen LogP contribution in [0.1, 0.15) is 48.0 Å². The van der Waals surface area contributed by atoms with Gasteiger partial charge in [0.2, 0.25) is 5.91 Å². The van der Waals surface area contributed by atoms with Crippen molar-refractivity contribution in [3.05, 3.63) is 0 Å². The molecule has 0 bridgehead atoms. The van der Waals surface area contributed by atoms with E-state index in [2.05, 4.69) is 46.9 Å². The van der Waals surface area contributed by atoms with Crippen LogP contribution < -0.4 is 5.32 Å². The van der Waals surface area contributed by atoms with Crippen LogP contribution in [0.4, 0.5) is 0 Å². The summed E-state index contributed by atoms with van der Waals surface area (Å²) in [5, 5.41) is 3.10. The van der Waals surface area contributed by atoms with Gasteiger partial charge in [0.1, 0.15) is 0 Å². The molecular formula is C15H27NO. The summed E-state index contributed by atoms with van der Waals surface area (Å²) in [5.41, 5.74) is 0.422. The molecule has 0 aliphatic heterocycles. The van der Waals surface area contributed by atoms with Crippen LogP contribution in [0.25, 0.3) is 0 Å². The number of hydrogen-bond donors (Lipinski definition) is 1. The fourth-order valence-corrected chi connectivity index (χ4v) is 4.06. The van der Waals surface area contributed by atoms with Gasteiger partial charge < -0.3 is 5.32 Å². The number of fused-ring (bicyclic) bond motifs is 1. The Bertz CT molecular complexity index is 324. The van der Waals surface area contributed by atoms with Crippen molar-refractivity contribution < 1.29 is 4.79 Å². The lowest BCUT2D eigenvalue weighted by atomic mass is 9.72. The molecule has 0 spiro atoms. The standard InChI is InChI=1S/C15H27NO/c1-7-10(4)14(5)11-12(14)15(11,6)13(17)16-8-9(2)3/h9-12H,7-8H2,1-6H3,(H,16,17). The minimum Gasteiger partial charge on any atom is -0.355 e. The van der Waals surface area contributed by atoms with Crippen molar-refractivity contribution in [1.82, 2.24) is 5.32 Å². The van der Waals surface area contributed by atoms with Crippen molar-refractivity contribution >= 4 is 5.91 Å². The van der Waals surface area contributed by atoms with Gasteiger partial charge in [-0.25, -0.2) is 0 Å². The Morgan fingerprint density at radius 1 is 1.24 bits per heavy atom. The van der Waals surface area contributed by atoms with Crippen molar-refractivity contribution in [3.63, 3.8) is 0 Å². The molecule has 2 saturated carbocycles. The van der Waals surface area contributed by atoms with Crippen LogP contribution in [0.3, 0.4) is 0 Å². The second-order valence-electron chi connectivity index (χ2n) is 7.02. The number of nitrogens with one attached hydrogen (secondary N) is 1. The van der Waals surface area contributed by atoms with Gasteiger partial charge in [-0.2, -0.15) is 0 Å². The summed E-state index contributed by atoms with van der Waals surface area (Å²) in [6, 6.07) is 0. The lowest BCUT2D eigenvalue weighted by Gasteiger charge is -2.33. The number of hydrogen-bond acceptors (Lipinski definition) is 1. The van der Waals surface area contributed by atoms with Crippen LogP contribution in [0, 0.1) is 34.5 Å². The molecule has 2 rings (SSSR count). The Morgan fingerprint density at radius 3 is 2.18 bits per heavy atom. The fraction of sp³-hybridized carbons (Fsp3) is 0.933.